The summed E-state index contributed by atoms with van der Waals surface area (Å²) in [6, 6.07) is 14.6. The maximum Gasteiger partial charge on any atom is 0.252 e. The van der Waals surface area contributed by atoms with Gasteiger partial charge in [0, 0.05) is 8.59 Å². The van der Waals surface area contributed by atoms with Crippen LogP contribution in [0.25, 0.3) is 0 Å². The highest BCUT2D eigenvalue weighted by molar-refractivity contribution is 14.1. The van der Waals surface area contributed by atoms with Crippen LogP contribution in [0.2, 0.25) is 5.02 Å². The van der Waals surface area contributed by atoms with Crippen LogP contribution in [0, 0.1) is 3.57 Å². The fraction of sp³-hybridized carbons (Fsp3) is 0.188. The van der Waals surface area contributed by atoms with Gasteiger partial charge in [-0.15, -0.1) is 0 Å². The van der Waals surface area contributed by atoms with E-state index in [9.17, 15) is 9.90 Å². The summed E-state index contributed by atoms with van der Waals surface area (Å²) in [6.07, 6.45) is 0.584. The van der Waals surface area contributed by atoms with Gasteiger partial charge >= 0.3 is 0 Å². The van der Waals surface area contributed by atoms with Gasteiger partial charge in [0.15, 0.2) is 0 Å². The van der Waals surface area contributed by atoms with Crippen molar-refractivity contribution >= 4 is 40.1 Å². The molecule has 2 aromatic rings. The lowest BCUT2D eigenvalue weighted by Gasteiger charge is -2.17. The molecule has 0 fully saturated rings. The number of carbonyl (C=O) groups excluding carboxylic acids is 1. The average molecular weight is 416 g/mol. The molecule has 0 aliphatic rings. The van der Waals surface area contributed by atoms with Crippen molar-refractivity contribution in [3.8, 4) is 0 Å². The van der Waals surface area contributed by atoms with Gasteiger partial charge in [0.1, 0.15) is 0 Å². The summed E-state index contributed by atoms with van der Waals surface area (Å²) in [5.41, 5.74) is 1.59. The second-order valence-corrected chi connectivity index (χ2v) is 6.27. The standard InChI is InChI=1S/C16H15ClINO2/c17-12-6-7-15(18)14(9-12)16(21)19-13(10-20)8-11-4-2-1-3-5-11/h1-7,9,13,20H,8,10H2,(H,19,21)/t13-/m0/s1. The second-order valence-electron chi connectivity index (χ2n) is 4.67. The average Bonchev–Trinajstić information content (AvgIpc) is 2.50. The Labute approximate surface area is 142 Å². The van der Waals surface area contributed by atoms with E-state index in [1.807, 2.05) is 30.3 Å². The number of benzene rings is 2. The highest BCUT2D eigenvalue weighted by Gasteiger charge is 2.16. The summed E-state index contributed by atoms with van der Waals surface area (Å²) in [4.78, 5) is 12.3. The summed E-state index contributed by atoms with van der Waals surface area (Å²) in [5, 5.41) is 12.8. The molecule has 0 unspecified atom stereocenters. The van der Waals surface area contributed by atoms with E-state index in [-0.39, 0.29) is 18.6 Å². The number of rotatable bonds is 5. The summed E-state index contributed by atoms with van der Waals surface area (Å²) in [6.45, 7) is -0.113. The molecule has 0 saturated heterocycles. The first-order valence-electron chi connectivity index (χ1n) is 6.51. The van der Waals surface area contributed by atoms with Gasteiger partial charge in [0.05, 0.1) is 18.2 Å². The van der Waals surface area contributed by atoms with E-state index in [1.165, 1.54) is 0 Å². The number of halogens is 2. The molecule has 1 atom stereocenters. The van der Waals surface area contributed by atoms with Gasteiger partial charge in [-0.3, -0.25) is 4.79 Å². The molecule has 0 saturated carbocycles. The fourth-order valence-corrected chi connectivity index (χ4v) is 2.75. The summed E-state index contributed by atoms with van der Waals surface area (Å²) in [7, 11) is 0. The number of hydrogen-bond donors (Lipinski definition) is 2. The van der Waals surface area contributed by atoms with E-state index < -0.39 is 0 Å². The molecule has 0 radical (unpaired) electrons. The van der Waals surface area contributed by atoms with Crippen molar-refractivity contribution in [2.75, 3.05) is 6.61 Å². The zero-order chi connectivity index (χ0) is 15.2. The number of aliphatic hydroxyl groups excluding tert-OH is 1. The summed E-state index contributed by atoms with van der Waals surface area (Å²) < 4.78 is 0.825. The minimum Gasteiger partial charge on any atom is -0.394 e. The van der Waals surface area contributed by atoms with E-state index in [0.717, 1.165) is 9.13 Å². The number of amides is 1. The first-order chi connectivity index (χ1) is 10.1. The van der Waals surface area contributed by atoms with Gasteiger partial charge < -0.3 is 10.4 Å². The number of nitrogens with one attached hydrogen (secondary N) is 1. The molecular weight excluding hydrogens is 401 g/mol. The maximum atomic E-state index is 12.3. The molecule has 0 aromatic heterocycles. The number of carbonyl (C=O) groups is 1. The van der Waals surface area contributed by atoms with Gasteiger partial charge in [0.25, 0.3) is 5.91 Å². The van der Waals surface area contributed by atoms with E-state index >= 15 is 0 Å². The molecule has 110 valence electrons. The topological polar surface area (TPSA) is 49.3 Å². The molecule has 5 heteroatoms. The summed E-state index contributed by atoms with van der Waals surface area (Å²) in [5.74, 6) is -0.225. The minimum absolute atomic E-state index is 0.113. The fourth-order valence-electron chi connectivity index (χ4n) is 1.99. The predicted octanol–water partition coefficient (Wildman–Crippen LogP) is 3.28. The van der Waals surface area contributed by atoms with E-state index in [4.69, 9.17) is 11.6 Å². The zero-order valence-electron chi connectivity index (χ0n) is 11.2. The molecule has 2 aromatic carbocycles. The largest absolute Gasteiger partial charge is 0.394 e. The van der Waals surface area contributed by atoms with Crippen molar-refractivity contribution in [2.45, 2.75) is 12.5 Å². The molecule has 1 amide bonds. The lowest BCUT2D eigenvalue weighted by atomic mass is 10.1. The molecule has 0 aliphatic heterocycles. The third kappa shape index (κ3) is 4.69. The Hall–Kier alpha value is -1.11. The Balaban J connectivity index is 2.07. The smallest absolute Gasteiger partial charge is 0.252 e. The minimum atomic E-state index is -0.324. The van der Waals surface area contributed by atoms with Crippen molar-refractivity contribution in [3.05, 3.63) is 68.3 Å². The van der Waals surface area contributed by atoms with Gasteiger partial charge in [-0.05, 0) is 52.8 Å². The second kappa shape index (κ2) is 7.77. The van der Waals surface area contributed by atoms with Gasteiger partial charge in [-0.25, -0.2) is 0 Å². The van der Waals surface area contributed by atoms with Crippen LogP contribution in [-0.2, 0) is 6.42 Å². The maximum absolute atomic E-state index is 12.3. The van der Waals surface area contributed by atoms with Crippen LogP contribution in [0.5, 0.6) is 0 Å². The quantitative estimate of drug-likeness (QED) is 0.737. The van der Waals surface area contributed by atoms with E-state index in [0.29, 0.717) is 17.0 Å². The predicted molar refractivity (Wildman–Crippen MR) is 92.7 cm³/mol. The van der Waals surface area contributed by atoms with Gasteiger partial charge in [0.2, 0.25) is 0 Å². The van der Waals surface area contributed by atoms with Crippen LogP contribution in [0.4, 0.5) is 0 Å². The van der Waals surface area contributed by atoms with Crippen LogP contribution < -0.4 is 5.32 Å². The summed E-state index contributed by atoms with van der Waals surface area (Å²) >= 11 is 8.02. The monoisotopic (exact) mass is 415 g/mol. The Morgan fingerprint density at radius 2 is 1.95 bits per heavy atom. The molecule has 3 nitrogen and oxygen atoms in total. The van der Waals surface area contributed by atoms with Crippen LogP contribution in [0.15, 0.2) is 48.5 Å². The van der Waals surface area contributed by atoms with Crippen LogP contribution in [-0.4, -0.2) is 23.7 Å². The SMILES string of the molecule is O=C(N[C@H](CO)Cc1ccccc1)c1cc(Cl)ccc1I. The van der Waals surface area contributed by atoms with Gasteiger partial charge in [-0.2, -0.15) is 0 Å². The van der Waals surface area contributed by atoms with E-state index in [2.05, 4.69) is 27.9 Å². The Bertz CT molecular complexity index is 619. The van der Waals surface area contributed by atoms with Crippen molar-refractivity contribution in [2.24, 2.45) is 0 Å². The van der Waals surface area contributed by atoms with Crippen molar-refractivity contribution in [3.63, 3.8) is 0 Å². The highest BCUT2D eigenvalue weighted by atomic mass is 127. The molecule has 2 rings (SSSR count). The Morgan fingerprint density at radius 3 is 2.62 bits per heavy atom. The molecule has 0 spiro atoms. The third-order valence-electron chi connectivity index (χ3n) is 3.05. The lowest BCUT2D eigenvalue weighted by Crippen LogP contribution is -2.39. The lowest BCUT2D eigenvalue weighted by molar-refractivity contribution is 0.0915. The van der Waals surface area contributed by atoms with E-state index in [1.54, 1.807) is 18.2 Å². The normalized spacial score (nSPS) is 12.0. The Morgan fingerprint density at radius 1 is 1.24 bits per heavy atom. The molecule has 2 N–H and O–H groups in total. The molecule has 0 heterocycles. The molecular formula is C16H15ClINO2. The zero-order valence-corrected chi connectivity index (χ0v) is 14.1. The third-order valence-corrected chi connectivity index (χ3v) is 4.23. The number of aliphatic hydroxyl groups is 1. The Kier molecular flexibility index (Phi) is 6.02. The van der Waals surface area contributed by atoms with Gasteiger partial charge in [-0.1, -0.05) is 41.9 Å². The molecule has 0 bridgehead atoms. The number of hydrogen-bond acceptors (Lipinski definition) is 2. The van der Waals surface area contributed by atoms with Crippen molar-refractivity contribution in [1.82, 2.24) is 5.32 Å². The van der Waals surface area contributed by atoms with Crippen LogP contribution in [0.3, 0.4) is 0 Å². The highest BCUT2D eigenvalue weighted by Crippen LogP contribution is 2.18. The van der Waals surface area contributed by atoms with Crippen LogP contribution >= 0.6 is 34.2 Å². The first-order valence-corrected chi connectivity index (χ1v) is 7.96. The molecule has 21 heavy (non-hydrogen) atoms. The van der Waals surface area contributed by atoms with Crippen molar-refractivity contribution < 1.29 is 9.90 Å². The van der Waals surface area contributed by atoms with Crippen LogP contribution in [0.1, 0.15) is 15.9 Å². The molecule has 0 aliphatic carbocycles. The first kappa shape index (κ1) is 16.3. The van der Waals surface area contributed by atoms with Crippen molar-refractivity contribution in [1.29, 1.82) is 0 Å².